The summed E-state index contributed by atoms with van der Waals surface area (Å²) in [5.41, 5.74) is 0.428. The van der Waals surface area contributed by atoms with Gasteiger partial charge >= 0.3 is 0 Å². The van der Waals surface area contributed by atoms with E-state index in [0.29, 0.717) is 5.56 Å². The lowest BCUT2D eigenvalue weighted by molar-refractivity contribution is -0.130. The molecule has 0 saturated heterocycles. The molecule has 0 saturated carbocycles. The summed E-state index contributed by atoms with van der Waals surface area (Å²) < 4.78 is 10.7. The summed E-state index contributed by atoms with van der Waals surface area (Å²) >= 11 is 0. The molecule has 1 aromatic carbocycles. The van der Waals surface area contributed by atoms with Gasteiger partial charge in [0.15, 0.2) is 11.5 Å². The van der Waals surface area contributed by atoms with Crippen molar-refractivity contribution in [2.75, 3.05) is 13.2 Å². The van der Waals surface area contributed by atoms with E-state index >= 15 is 0 Å². The number of ether oxygens (including phenoxy) is 1. The summed E-state index contributed by atoms with van der Waals surface area (Å²) in [5.74, 6) is -1.84. The lowest BCUT2D eigenvalue weighted by atomic mass is 9.95. The van der Waals surface area contributed by atoms with Crippen LogP contribution in [0.5, 0.6) is 5.75 Å². The van der Waals surface area contributed by atoms with Gasteiger partial charge in [0.1, 0.15) is 5.75 Å². The lowest BCUT2D eigenvalue weighted by Crippen LogP contribution is -2.34. The van der Waals surface area contributed by atoms with Crippen LogP contribution in [-0.4, -0.2) is 46.1 Å². The van der Waals surface area contributed by atoms with E-state index in [2.05, 4.69) is 0 Å². The Labute approximate surface area is 156 Å². The topological polar surface area (TPSA) is 100 Å². The normalized spacial score (nSPS) is 17.2. The van der Waals surface area contributed by atoms with E-state index in [9.17, 15) is 19.8 Å². The van der Waals surface area contributed by atoms with Crippen LogP contribution in [0, 0.1) is 0 Å². The van der Waals surface area contributed by atoms with Gasteiger partial charge in [-0.25, -0.2) is 0 Å². The minimum atomic E-state index is -0.849. The van der Waals surface area contributed by atoms with Crippen molar-refractivity contribution in [3.8, 4) is 5.75 Å². The molecule has 3 rings (SSSR count). The number of aromatic hydroxyl groups is 1. The molecule has 0 radical (unpaired) electrons. The zero-order valence-electron chi connectivity index (χ0n) is 15.1. The van der Waals surface area contributed by atoms with Crippen LogP contribution in [0.15, 0.2) is 58.4 Å². The largest absolute Gasteiger partial charge is 0.508 e. The fourth-order valence-corrected chi connectivity index (χ4v) is 3.08. The van der Waals surface area contributed by atoms with E-state index in [1.54, 1.807) is 18.2 Å². The quantitative estimate of drug-likeness (QED) is 0.726. The number of phenolic OH excluding ortho intramolecular Hbond substituents is 1. The Morgan fingerprint density at radius 2 is 2.04 bits per heavy atom. The minimum Gasteiger partial charge on any atom is -0.508 e. The first-order chi connectivity index (χ1) is 12.9. The SMILES string of the molecule is CC(C)OCCN1C(=O)C(O)=C(C(=O)c2ccco2)C1c1cccc(O)c1. The van der Waals surface area contributed by atoms with Gasteiger partial charge in [-0.15, -0.1) is 0 Å². The van der Waals surface area contributed by atoms with Crippen molar-refractivity contribution >= 4 is 11.7 Å². The number of nitrogens with zero attached hydrogens (tertiary/aromatic N) is 1. The van der Waals surface area contributed by atoms with Gasteiger partial charge in [0.25, 0.3) is 5.91 Å². The molecule has 1 aliphatic rings. The molecular formula is C20H21NO6. The van der Waals surface area contributed by atoms with Crippen LogP contribution in [0.1, 0.15) is 36.0 Å². The third kappa shape index (κ3) is 3.73. The van der Waals surface area contributed by atoms with Crippen molar-refractivity contribution in [3.05, 3.63) is 65.3 Å². The molecule has 0 spiro atoms. The number of carbonyl (C=O) groups is 2. The number of rotatable bonds is 7. The molecule has 7 nitrogen and oxygen atoms in total. The second-order valence-corrected chi connectivity index (χ2v) is 6.48. The van der Waals surface area contributed by atoms with Crippen molar-refractivity contribution in [1.82, 2.24) is 4.90 Å². The maximum absolute atomic E-state index is 12.9. The summed E-state index contributed by atoms with van der Waals surface area (Å²) in [6, 6.07) is 8.42. The number of hydrogen-bond donors (Lipinski definition) is 2. The van der Waals surface area contributed by atoms with Crippen molar-refractivity contribution < 1.29 is 29.0 Å². The standard InChI is InChI=1S/C20H21NO6/c1-12(2)26-10-8-21-17(13-5-3-6-14(22)11-13)16(19(24)20(21)25)18(23)15-7-4-9-27-15/h3-7,9,11-12,17,22,24H,8,10H2,1-2H3. The molecule has 142 valence electrons. The number of carbonyl (C=O) groups excluding carboxylic acids is 2. The van der Waals surface area contributed by atoms with Crippen LogP contribution in [0.4, 0.5) is 0 Å². The van der Waals surface area contributed by atoms with E-state index in [0.717, 1.165) is 0 Å². The first-order valence-corrected chi connectivity index (χ1v) is 8.63. The smallest absolute Gasteiger partial charge is 0.290 e. The van der Waals surface area contributed by atoms with Crippen LogP contribution in [0.25, 0.3) is 0 Å². The Morgan fingerprint density at radius 3 is 2.67 bits per heavy atom. The molecule has 1 amide bonds. The zero-order valence-corrected chi connectivity index (χ0v) is 15.1. The first-order valence-electron chi connectivity index (χ1n) is 8.63. The molecule has 2 heterocycles. The highest BCUT2D eigenvalue weighted by atomic mass is 16.5. The third-order valence-electron chi connectivity index (χ3n) is 4.26. The lowest BCUT2D eigenvalue weighted by Gasteiger charge is -2.27. The molecule has 0 fully saturated rings. The van der Waals surface area contributed by atoms with Crippen LogP contribution in [0.2, 0.25) is 0 Å². The van der Waals surface area contributed by atoms with Gasteiger partial charge in [-0.05, 0) is 43.7 Å². The number of aliphatic hydroxyl groups is 1. The predicted molar refractivity (Wildman–Crippen MR) is 96.3 cm³/mol. The molecule has 2 aromatic rings. The predicted octanol–water partition coefficient (Wildman–Crippen LogP) is 2.99. The minimum absolute atomic E-state index is 0.00508. The van der Waals surface area contributed by atoms with Gasteiger partial charge in [-0.1, -0.05) is 12.1 Å². The van der Waals surface area contributed by atoms with Crippen molar-refractivity contribution in [3.63, 3.8) is 0 Å². The highest BCUT2D eigenvalue weighted by Gasteiger charge is 2.44. The molecule has 7 heteroatoms. The average Bonchev–Trinajstić information content (AvgIpc) is 3.24. The Bertz CT molecular complexity index is 868. The highest BCUT2D eigenvalue weighted by Crippen LogP contribution is 2.39. The fraction of sp³-hybridized carbons (Fsp3) is 0.300. The van der Waals surface area contributed by atoms with Crippen LogP contribution < -0.4 is 0 Å². The number of furan rings is 1. The number of aliphatic hydroxyl groups excluding tert-OH is 1. The average molecular weight is 371 g/mol. The van der Waals surface area contributed by atoms with Gasteiger partial charge < -0.3 is 24.3 Å². The number of Topliss-reactive ketones (excluding diaryl/α,β-unsaturated/α-hetero) is 1. The van der Waals surface area contributed by atoms with Crippen LogP contribution in [0.3, 0.4) is 0 Å². The van der Waals surface area contributed by atoms with Crippen molar-refractivity contribution in [2.24, 2.45) is 0 Å². The number of benzene rings is 1. The second kappa shape index (κ2) is 7.67. The number of amides is 1. The summed E-state index contributed by atoms with van der Waals surface area (Å²) in [7, 11) is 0. The third-order valence-corrected chi connectivity index (χ3v) is 4.26. The van der Waals surface area contributed by atoms with E-state index in [1.165, 1.54) is 29.4 Å². The maximum Gasteiger partial charge on any atom is 0.290 e. The summed E-state index contributed by atoms with van der Waals surface area (Å²) in [5, 5.41) is 20.3. The molecular weight excluding hydrogens is 350 g/mol. The Morgan fingerprint density at radius 1 is 1.26 bits per heavy atom. The Hall–Kier alpha value is -3.06. The zero-order chi connectivity index (χ0) is 19.6. The molecule has 2 N–H and O–H groups in total. The van der Waals surface area contributed by atoms with Gasteiger partial charge in [-0.3, -0.25) is 9.59 Å². The molecule has 0 bridgehead atoms. The van der Waals surface area contributed by atoms with Gasteiger partial charge in [0.2, 0.25) is 5.78 Å². The summed E-state index contributed by atoms with van der Waals surface area (Å²) in [6.07, 6.45) is 1.33. The summed E-state index contributed by atoms with van der Waals surface area (Å²) in [6.45, 7) is 4.17. The number of ketones is 1. The van der Waals surface area contributed by atoms with E-state index < -0.39 is 23.5 Å². The van der Waals surface area contributed by atoms with Gasteiger partial charge in [0.05, 0.1) is 30.6 Å². The van der Waals surface area contributed by atoms with E-state index in [1.807, 2.05) is 13.8 Å². The molecule has 1 aliphatic heterocycles. The molecule has 27 heavy (non-hydrogen) atoms. The summed E-state index contributed by atoms with van der Waals surface area (Å²) in [4.78, 5) is 26.9. The molecule has 1 atom stereocenters. The van der Waals surface area contributed by atoms with Gasteiger partial charge in [0, 0.05) is 6.54 Å². The van der Waals surface area contributed by atoms with E-state index in [-0.39, 0.29) is 36.3 Å². The van der Waals surface area contributed by atoms with E-state index in [4.69, 9.17) is 9.15 Å². The number of phenols is 1. The monoisotopic (exact) mass is 371 g/mol. The molecule has 0 aliphatic carbocycles. The van der Waals surface area contributed by atoms with Crippen molar-refractivity contribution in [1.29, 1.82) is 0 Å². The van der Waals surface area contributed by atoms with Crippen LogP contribution in [-0.2, 0) is 9.53 Å². The molecule has 1 aromatic heterocycles. The van der Waals surface area contributed by atoms with Gasteiger partial charge in [-0.2, -0.15) is 0 Å². The highest BCUT2D eigenvalue weighted by molar-refractivity contribution is 6.15. The number of hydrogen-bond acceptors (Lipinski definition) is 6. The van der Waals surface area contributed by atoms with Crippen LogP contribution >= 0.6 is 0 Å². The fourth-order valence-electron chi connectivity index (χ4n) is 3.08. The first kappa shape index (κ1) is 18.7. The molecule has 1 unspecified atom stereocenters. The Balaban J connectivity index is 2.00. The van der Waals surface area contributed by atoms with Crippen molar-refractivity contribution in [2.45, 2.75) is 26.0 Å². The second-order valence-electron chi connectivity index (χ2n) is 6.48. The maximum atomic E-state index is 12.9. The Kier molecular flexibility index (Phi) is 5.32.